The molecule has 8 heteroatoms. The Kier molecular flexibility index (Phi) is 8.62. The maximum absolute atomic E-state index is 13.4. The highest BCUT2D eigenvalue weighted by molar-refractivity contribution is 7.92. The lowest BCUT2D eigenvalue weighted by atomic mass is 10.1. The Morgan fingerprint density at radius 3 is 2.16 bits per heavy atom. The van der Waals surface area contributed by atoms with Gasteiger partial charge in [-0.05, 0) is 43.5 Å². The number of rotatable bonds is 10. The van der Waals surface area contributed by atoms with E-state index >= 15 is 0 Å². The van der Waals surface area contributed by atoms with Crippen LogP contribution in [0.1, 0.15) is 31.4 Å². The van der Waals surface area contributed by atoms with E-state index in [1.807, 2.05) is 45.0 Å². The van der Waals surface area contributed by atoms with Crippen molar-refractivity contribution >= 4 is 27.5 Å². The molecule has 0 bridgehead atoms. The van der Waals surface area contributed by atoms with Crippen LogP contribution in [0, 0.1) is 6.92 Å². The predicted molar refractivity (Wildman–Crippen MR) is 123 cm³/mol. The Labute approximate surface area is 185 Å². The van der Waals surface area contributed by atoms with Gasteiger partial charge in [0.1, 0.15) is 12.6 Å². The van der Waals surface area contributed by atoms with Crippen LogP contribution in [-0.4, -0.2) is 50.5 Å². The minimum absolute atomic E-state index is 0.216. The van der Waals surface area contributed by atoms with Gasteiger partial charge in [-0.1, -0.05) is 49.4 Å². The molecular formula is C23H31N3O4S. The van der Waals surface area contributed by atoms with Crippen molar-refractivity contribution in [3.05, 3.63) is 65.7 Å². The molecule has 168 valence electrons. The van der Waals surface area contributed by atoms with Crippen molar-refractivity contribution < 1.29 is 18.0 Å². The molecule has 0 fully saturated rings. The van der Waals surface area contributed by atoms with E-state index in [9.17, 15) is 18.0 Å². The maximum atomic E-state index is 13.4. The molecule has 2 rings (SSSR count). The zero-order valence-corrected chi connectivity index (χ0v) is 19.4. The molecule has 2 amide bonds. The summed E-state index contributed by atoms with van der Waals surface area (Å²) in [4.78, 5) is 27.6. The third-order valence-electron chi connectivity index (χ3n) is 5.06. The summed E-state index contributed by atoms with van der Waals surface area (Å²) < 4.78 is 26.0. The van der Waals surface area contributed by atoms with Crippen LogP contribution in [0.15, 0.2) is 54.6 Å². The van der Waals surface area contributed by atoms with Crippen molar-refractivity contribution in [2.24, 2.45) is 0 Å². The lowest BCUT2D eigenvalue weighted by Gasteiger charge is -2.33. The molecule has 0 aromatic heterocycles. The van der Waals surface area contributed by atoms with Gasteiger partial charge in [0.25, 0.3) is 0 Å². The minimum atomic E-state index is -3.71. The number of anilines is 1. The van der Waals surface area contributed by atoms with E-state index in [4.69, 9.17) is 0 Å². The molecule has 0 aliphatic carbocycles. The average molecular weight is 446 g/mol. The van der Waals surface area contributed by atoms with Crippen LogP contribution in [0.25, 0.3) is 0 Å². The first-order valence-electron chi connectivity index (χ1n) is 10.3. The largest absolute Gasteiger partial charge is 0.355 e. The molecule has 0 aliphatic rings. The second-order valence-electron chi connectivity index (χ2n) is 7.37. The summed E-state index contributed by atoms with van der Waals surface area (Å²) in [7, 11) is -3.71. The maximum Gasteiger partial charge on any atom is 0.244 e. The van der Waals surface area contributed by atoms with Gasteiger partial charge in [-0.3, -0.25) is 13.9 Å². The first-order valence-corrected chi connectivity index (χ1v) is 12.2. The smallest absolute Gasteiger partial charge is 0.244 e. The van der Waals surface area contributed by atoms with Gasteiger partial charge < -0.3 is 10.2 Å². The number of carbonyl (C=O) groups excluding carboxylic acids is 2. The van der Waals surface area contributed by atoms with Gasteiger partial charge in [-0.15, -0.1) is 0 Å². The van der Waals surface area contributed by atoms with E-state index in [1.165, 1.54) is 4.90 Å². The summed E-state index contributed by atoms with van der Waals surface area (Å²) in [6, 6.07) is 15.4. The predicted octanol–water partition coefficient (Wildman–Crippen LogP) is 2.70. The van der Waals surface area contributed by atoms with Gasteiger partial charge in [-0.2, -0.15) is 0 Å². The number of para-hydroxylation sites is 1. The topological polar surface area (TPSA) is 86.8 Å². The second-order valence-corrected chi connectivity index (χ2v) is 9.28. The van der Waals surface area contributed by atoms with E-state index in [-0.39, 0.29) is 19.0 Å². The minimum Gasteiger partial charge on any atom is -0.355 e. The molecule has 0 heterocycles. The molecule has 0 spiro atoms. The van der Waals surface area contributed by atoms with E-state index in [1.54, 1.807) is 30.3 Å². The summed E-state index contributed by atoms with van der Waals surface area (Å²) in [5, 5.41) is 2.78. The third kappa shape index (κ3) is 6.55. The molecule has 0 saturated carbocycles. The molecule has 31 heavy (non-hydrogen) atoms. The van der Waals surface area contributed by atoms with Gasteiger partial charge in [0.05, 0.1) is 11.9 Å². The Balaban J connectivity index is 2.42. The fourth-order valence-corrected chi connectivity index (χ4v) is 4.24. The van der Waals surface area contributed by atoms with Crippen molar-refractivity contribution in [1.82, 2.24) is 10.2 Å². The van der Waals surface area contributed by atoms with Gasteiger partial charge >= 0.3 is 0 Å². The molecule has 0 saturated heterocycles. The number of aryl methyl sites for hydroxylation is 1. The number of hydrogen-bond donors (Lipinski definition) is 1. The fourth-order valence-electron chi connectivity index (χ4n) is 3.39. The van der Waals surface area contributed by atoms with E-state index < -0.39 is 22.0 Å². The first kappa shape index (κ1) is 24.4. The van der Waals surface area contributed by atoms with Gasteiger partial charge in [0.2, 0.25) is 21.8 Å². The summed E-state index contributed by atoms with van der Waals surface area (Å²) in [6.07, 6.45) is 1.48. The van der Waals surface area contributed by atoms with Crippen LogP contribution in [0.3, 0.4) is 0 Å². The van der Waals surface area contributed by atoms with Crippen molar-refractivity contribution in [2.45, 2.75) is 39.8 Å². The van der Waals surface area contributed by atoms with Gasteiger partial charge in [-0.25, -0.2) is 8.42 Å². The van der Waals surface area contributed by atoms with Crippen LogP contribution < -0.4 is 9.62 Å². The zero-order valence-electron chi connectivity index (χ0n) is 18.5. The number of hydrogen-bond acceptors (Lipinski definition) is 4. The van der Waals surface area contributed by atoms with Crippen molar-refractivity contribution in [3.63, 3.8) is 0 Å². The molecule has 1 atom stereocenters. The molecule has 2 aromatic carbocycles. The summed E-state index contributed by atoms with van der Waals surface area (Å²) >= 11 is 0. The van der Waals surface area contributed by atoms with Crippen LogP contribution in [-0.2, 0) is 26.2 Å². The molecule has 2 aromatic rings. The molecule has 0 radical (unpaired) electrons. The molecule has 1 N–H and O–H groups in total. The number of nitrogens with one attached hydrogen (secondary N) is 1. The zero-order chi connectivity index (χ0) is 23.0. The van der Waals surface area contributed by atoms with Crippen LogP contribution in [0.2, 0.25) is 0 Å². The second kappa shape index (κ2) is 10.9. The number of nitrogens with zero attached hydrogens (tertiary/aromatic N) is 2. The van der Waals surface area contributed by atoms with Crippen LogP contribution >= 0.6 is 0 Å². The summed E-state index contributed by atoms with van der Waals surface area (Å²) in [5.41, 5.74) is 2.30. The lowest BCUT2D eigenvalue weighted by Crippen LogP contribution is -2.52. The summed E-state index contributed by atoms with van der Waals surface area (Å²) in [6.45, 7) is 5.87. The number of amides is 2. The Hall–Kier alpha value is -2.87. The standard InChI is InChI=1S/C23H31N3O4S/c1-5-21(23(28)24-6-2)25(16-19-13-11-10-12-18(19)3)22(27)17-26(31(4,29)30)20-14-8-7-9-15-20/h7-15,21H,5-6,16-17H2,1-4H3,(H,24,28)/t21-/m1/s1. The van der Waals surface area contributed by atoms with E-state index in [2.05, 4.69) is 5.32 Å². The molecule has 0 aliphatic heterocycles. The molecule has 7 nitrogen and oxygen atoms in total. The Morgan fingerprint density at radius 1 is 1.00 bits per heavy atom. The SMILES string of the molecule is CCNC(=O)[C@@H](CC)N(Cc1ccccc1C)C(=O)CN(c1ccccc1)S(C)(=O)=O. The van der Waals surface area contributed by atoms with Crippen LogP contribution in [0.5, 0.6) is 0 Å². The van der Waals surface area contributed by atoms with Crippen LogP contribution in [0.4, 0.5) is 5.69 Å². The quantitative estimate of drug-likeness (QED) is 0.609. The highest BCUT2D eigenvalue weighted by Crippen LogP contribution is 2.20. The van der Waals surface area contributed by atoms with Gasteiger partial charge in [0, 0.05) is 13.1 Å². The van der Waals surface area contributed by atoms with E-state index in [0.717, 1.165) is 21.7 Å². The Morgan fingerprint density at radius 2 is 1.61 bits per heavy atom. The van der Waals surface area contributed by atoms with Crippen molar-refractivity contribution in [3.8, 4) is 0 Å². The van der Waals surface area contributed by atoms with E-state index in [0.29, 0.717) is 18.7 Å². The third-order valence-corrected chi connectivity index (χ3v) is 6.20. The summed E-state index contributed by atoms with van der Waals surface area (Å²) in [5.74, 6) is -0.687. The first-order chi connectivity index (χ1) is 14.7. The number of carbonyl (C=O) groups is 2. The van der Waals surface area contributed by atoms with Crippen molar-refractivity contribution in [2.75, 3.05) is 23.7 Å². The monoisotopic (exact) mass is 445 g/mol. The highest BCUT2D eigenvalue weighted by Gasteiger charge is 2.31. The molecular weight excluding hydrogens is 414 g/mol. The van der Waals surface area contributed by atoms with Gasteiger partial charge in [0.15, 0.2) is 0 Å². The van der Waals surface area contributed by atoms with Crippen molar-refractivity contribution in [1.29, 1.82) is 0 Å². The lowest BCUT2D eigenvalue weighted by molar-refractivity contribution is -0.140. The number of benzene rings is 2. The average Bonchev–Trinajstić information content (AvgIpc) is 2.73. The normalized spacial score (nSPS) is 12.1. The highest BCUT2D eigenvalue weighted by atomic mass is 32.2. The number of sulfonamides is 1. The number of likely N-dealkylation sites (N-methyl/N-ethyl adjacent to an activating group) is 1. The Bertz CT molecular complexity index is 993. The fraction of sp³-hybridized carbons (Fsp3) is 0.391. The molecule has 0 unspecified atom stereocenters.